The summed E-state index contributed by atoms with van der Waals surface area (Å²) in [5.41, 5.74) is 7.61. The lowest BCUT2D eigenvalue weighted by atomic mass is 10.2. The minimum Gasteiger partial charge on any atom is -0.488 e. The molecule has 0 spiro atoms. The van der Waals surface area contributed by atoms with Crippen molar-refractivity contribution < 1.29 is 4.74 Å². The second kappa shape index (κ2) is 3.40. The Labute approximate surface area is 84.5 Å². The molecule has 1 aliphatic rings. The van der Waals surface area contributed by atoms with Gasteiger partial charge in [0.05, 0.1) is 11.8 Å². The Kier molecular flexibility index (Phi) is 2.23. The maximum Gasteiger partial charge on any atom is 0.145 e. The molecule has 0 bridgehead atoms. The lowest BCUT2D eigenvalue weighted by Crippen LogP contribution is -2.19. The summed E-state index contributed by atoms with van der Waals surface area (Å²) in [7, 11) is 2.08. The van der Waals surface area contributed by atoms with Crippen LogP contribution in [-0.4, -0.2) is 19.7 Å². The third-order valence-electron chi connectivity index (χ3n) is 2.59. The average Bonchev–Trinajstić information content (AvgIpc) is 2.26. The van der Waals surface area contributed by atoms with E-state index in [4.69, 9.17) is 10.5 Å². The molecule has 2 rings (SSSR count). The van der Waals surface area contributed by atoms with Gasteiger partial charge in [-0.25, -0.2) is 0 Å². The molecule has 0 saturated carbocycles. The fourth-order valence-corrected chi connectivity index (χ4v) is 1.71. The van der Waals surface area contributed by atoms with Crippen molar-refractivity contribution in [2.45, 2.75) is 19.4 Å². The van der Waals surface area contributed by atoms with E-state index in [2.05, 4.69) is 18.9 Å². The van der Waals surface area contributed by atoms with E-state index in [0.717, 1.165) is 30.1 Å². The van der Waals surface area contributed by atoms with Crippen LogP contribution in [-0.2, 0) is 0 Å². The van der Waals surface area contributed by atoms with Gasteiger partial charge in [-0.3, -0.25) is 0 Å². The van der Waals surface area contributed by atoms with E-state index in [0.29, 0.717) is 0 Å². The van der Waals surface area contributed by atoms with Gasteiger partial charge in [0.25, 0.3) is 0 Å². The summed E-state index contributed by atoms with van der Waals surface area (Å²) in [5.74, 6) is 0.900. The van der Waals surface area contributed by atoms with Gasteiger partial charge in [0, 0.05) is 31.8 Å². The zero-order chi connectivity index (χ0) is 10.1. The highest BCUT2D eigenvalue weighted by Gasteiger charge is 2.17. The lowest BCUT2D eigenvalue weighted by molar-refractivity contribution is 0.221. The van der Waals surface area contributed by atoms with Gasteiger partial charge in [0.15, 0.2) is 0 Å². The third-order valence-corrected chi connectivity index (χ3v) is 2.59. The number of fused-ring (bicyclic) bond motifs is 1. The Morgan fingerprint density at radius 1 is 1.50 bits per heavy atom. The minimum atomic E-state index is 0.264. The predicted molar refractivity (Wildman–Crippen MR) is 58.8 cm³/mol. The van der Waals surface area contributed by atoms with E-state index in [1.807, 2.05) is 18.2 Å². The second-order valence-corrected chi connectivity index (χ2v) is 3.87. The maximum absolute atomic E-state index is 5.79. The van der Waals surface area contributed by atoms with Gasteiger partial charge < -0.3 is 15.4 Å². The van der Waals surface area contributed by atoms with Crippen LogP contribution < -0.4 is 15.4 Å². The van der Waals surface area contributed by atoms with Gasteiger partial charge >= 0.3 is 0 Å². The van der Waals surface area contributed by atoms with Gasteiger partial charge in [0.1, 0.15) is 5.75 Å². The molecule has 0 fully saturated rings. The lowest BCUT2D eigenvalue weighted by Gasteiger charge is -2.17. The summed E-state index contributed by atoms with van der Waals surface area (Å²) in [5, 5.41) is 0. The molecule has 1 unspecified atom stereocenters. The minimum absolute atomic E-state index is 0.264. The molecule has 0 saturated heterocycles. The van der Waals surface area contributed by atoms with Crippen LogP contribution in [0.1, 0.15) is 13.3 Å². The summed E-state index contributed by atoms with van der Waals surface area (Å²) < 4.78 is 5.79. The SMILES string of the molecule is CC1CCN(C)c2ccc(N)cc2O1. The number of rotatable bonds is 0. The molecule has 1 aliphatic heterocycles. The molecular weight excluding hydrogens is 176 g/mol. The number of nitrogens with zero attached hydrogens (tertiary/aromatic N) is 1. The van der Waals surface area contributed by atoms with Crippen LogP contribution in [0.15, 0.2) is 18.2 Å². The largest absolute Gasteiger partial charge is 0.488 e. The van der Waals surface area contributed by atoms with Gasteiger partial charge in [0.2, 0.25) is 0 Å². The molecule has 1 atom stereocenters. The highest BCUT2D eigenvalue weighted by molar-refractivity contribution is 5.64. The Bertz CT molecular complexity index is 338. The van der Waals surface area contributed by atoms with E-state index in [1.165, 1.54) is 0 Å². The van der Waals surface area contributed by atoms with Crippen molar-refractivity contribution >= 4 is 11.4 Å². The molecule has 3 nitrogen and oxygen atoms in total. The molecule has 76 valence electrons. The van der Waals surface area contributed by atoms with Crippen molar-refractivity contribution in [3.63, 3.8) is 0 Å². The maximum atomic E-state index is 5.79. The predicted octanol–water partition coefficient (Wildman–Crippen LogP) is 1.88. The first-order chi connectivity index (χ1) is 6.66. The standard InChI is InChI=1S/C11H16N2O/c1-8-5-6-13(2)10-4-3-9(12)7-11(10)14-8/h3-4,7-8H,5-6,12H2,1-2H3. The Morgan fingerprint density at radius 3 is 3.07 bits per heavy atom. The molecule has 0 amide bonds. The van der Waals surface area contributed by atoms with Crippen molar-refractivity contribution in [2.24, 2.45) is 0 Å². The quantitative estimate of drug-likeness (QED) is 0.638. The number of nitrogen functional groups attached to an aromatic ring is 1. The number of benzene rings is 1. The summed E-state index contributed by atoms with van der Waals surface area (Å²) >= 11 is 0. The fourth-order valence-electron chi connectivity index (χ4n) is 1.71. The fraction of sp³-hybridized carbons (Fsp3) is 0.455. The van der Waals surface area contributed by atoms with Crippen LogP contribution in [0.5, 0.6) is 5.75 Å². The van der Waals surface area contributed by atoms with Gasteiger partial charge in [-0.05, 0) is 19.1 Å². The molecule has 1 aromatic carbocycles. The van der Waals surface area contributed by atoms with E-state index < -0.39 is 0 Å². The summed E-state index contributed by atoms with van der Waals surface area (Å²) in [6.45, 7) is 3.12. The van der Waals surface area contributed by atoms with Crippen LogP contribution in [0.2, 0.25) is 0 Å². The first kappa shape index (κ1) is 9.19. The number of anilines is 2. The van der Waals surface area contributed by atoms with Crippen molar-refractivity contribution in [2.75, 3.05) is 24.2 Å². The van der Waals surface area contributed by atoms with Crippen LogP contribution in [0.3, 0.4) is 0 Å². The Balaban J connectivity index is 2.41. The first-order valence-corrected chi connectivity index (χ1v) is 4.94. The average molecular weight is 192 g/mol. The third kappa shape index (κ3) is 1.62. The van der Waals surface area contributed by atoms with Crippen molar-refractivity contribution in [1.82, 2.24) is 0 Å². The normalized spacial score (nSPS) is 21.0. The molecule has 2 N–H and O–H groups in total. The van der Waals surface area contributed by atoms with Gasteiger partial charge in [-0.2, -0.15) is 0 Å². The summed E-state index contributed by atoms with van der Waals surface area (Å²) in [4.78, 5) is 2.21. The zero-order valence-electron chi connectivity index (χ0n) is 8.66. The topological polar surface area (TPSA) is 38.5 Å². The van der Waals surface area contributed by atoms with E-state index >= 15 is 0 Å². The molecule has 0 aliphatic carbocycles. The van der Waals surface area contributed by atoms with Crippen molar-refractivity contribution in [3.05, 3.63) is 18.2 Å². The molecule has 14 heavy (non-hydrogen) atoms. The Morgan fingerprint density at radius 2 is 2.29 bits per heavy atom. The number of ether oxygens (including phenoxy) is 1. The summed E-state index contributed by atoms with van der Waals surface area (Å²) in [6.07, 6.45) is 1.31. The second-order valence-electron chi connectivity index (χ2n) is 3.87. The molecule has 1 heterocycles. The molecule has 0 aromatic heterocycles. The van der Waals surface area contributed by atoms with Crippen LogP contribution in [0, 0.1) is 0 Å². The molecular formula is C11H16N2O. The highest BCUT2D eigenvalue weighted by atomic mass is 16.5. The monoisotopic (exact) mass is 192 g/mol. The first-order valence-electron chi connectivity index (χ1n) is 4.94. The number of nitrogens with two attached hydrogens (primary N) is 1. The van der Waals surface area contributed by atoms with Gasteiger partial charge in [-0.1, -0.05) is 0 Å². The van der Waals surface area contributed by atoms with Crippen molar-refractivity contribution in [1.29, 1.82) is 0 Å². The van der Waals surface area contributed by atoms with Crippen molar-refractivity contribution in [3.8, 4) is 5.75 Å². The number of hydrogen-bond acceptors (Lipinski definition) is 3. The number of hydrogen-bond donors (Lipinski definition) is 1. The van der Waals surface area contributed by atoms with E-state index in [1.54, 1.807) is 0 Å². The van der Waals surface area contributed by atoms with E-state index in [9.17, 15) is 0 Å². The zero-order valence-corrected chi connectivity index (χ0v) is 8.66. The smallest absolute Gasteiger partial charge is 0.145 e. The van der Waals surface area contributed by atoms with Crippen LogP contribution in [0.4, 0.5) is 11.4 Å². The van der Waals surface area contributed by atoms with Crippen LogP contribution >= 0.6 is 0 Å². The highest BCUT2D eigenvalue weighted by Crippen LogP contribution is 2.33. The van der Waals surface area contributed by atoms with Gasteiger partial charge in [-0.15, -0.1) is 0 Å². The van der Waals surface area contributed by atoms with E-state index in [-0.39, 0.29) is 6.10 Å². The Hall–Kier alpha value is -1.38. The summed E-state index contributed by atoms with van der Waals surface area (Å²) in [6, 6.07) is 5.82. The molecule has 3 heteroatoms. The molecule has 0 radical (unpaired) electrons. The molecule has 1 aromatic rings. The van der Waals surface area contributed by atoms with Crippen LogP contribution in [0.25, 0.3) is 0 Å².